The molecule has 0 unspecified atom stereocenters. The second-order valence-electron chi connectivity index (χ2n) is 9.49. The maximum atomic E-state index is 13.4. The van der Waals surface area contributed by atoms with Gasteiger partial charge >= 0.3 is 0 Å². The number of hydrogen-bond donors (Lipinski definition) is 3. The van der Waals surface area contributed by atoms with Gasteiger partial charge in [0.05, 0.1) is 17.6 Å². The summed E-state index contributed by atoms with van der Waals surface area (Å²) in [5, 5.41) is 13.8. The zero-order valence-corrected chi connectivity index (χ0v) is 20.8. The van der Waals surface area contributed by atoms with Crippen LogP contribution in [0, 0.1) is 6.92 Å². The summed E-state index contributed by atoms with van der Waals surface area (Å²) in [4.78, 5) is 36.6. The fourth-order valence-electron chi connectivity index (χ4n) is 4.81. The highest BCUT2D eigenvalue weighted by molar-refractivity contribution is 5.95. The van der Waals surface area contributed by atoms with Crippen molar-refractivity contribution in [2.75, 3.05) is 24.6 Å². The minimum atomic E-state index is -0.336. The normalized spacial score (nSPS) is 20.1. The predicted octanol–water partition coefficient (Wildman–Crippen LogP) is 2.13. The van der Waals surface area contributed by atoms with Crippen LogP contribution in [-0.4, -0.2) is 63.8 Å². The van der Waals surface area contributed by atoms with Crippen LogP contribution in [0.2, 0.25) is 0 Å². The van der Waals surface area contributed by atoms with Crippen molar-refractivity contribution in [3.8, 4) is 11.5 Å². The van der Waals surface area contributed by atoms with Crippen LogP contribution >= 0.6 is 0 Å². The first-order valence-electron chi connectivity index (χ1n) is 12.5. The van der Waals surface area contributed by atoms with Crippen LogP contribution in [-0.2, 0) is 11.3 Å². The van der Waals surface area contributed by atoms with Crippen molar-refractivity contribution in [2.45, 2.75) is 32.0 Å². The quantitative estimate of drug-likeness (QED) is 0.352. The molecule has 5 heterocycles. The molecule has 7 rings (SSSR count). The molecule has 0 spiro atoms. The first-order valence-corrected chi connectivity index (χ1v) is 12.5. The summed E-state index contributed by atoms with van der Waals surface area (Å²) >= 11 is 0. The van der Waals surface area contributed by atoms with Gasteiger partial charge in [0.25, 0.3) is 11.8 Å². The highest BCUT2D eigenvalue weighted by Gasteiger charge is 2.34. The van der Waals surface area contributed by atoms with E-state index in [1.54, 1.807) is 18.3 Å². The Kier molecular flexibility index (Phi) is 6.24. The van der Waals surface area contributed by atoms with Crippen molar-refractivity contribution in [3.63, 3.8) is 0 Å². The third kappa shape index (κ3) is 4.82. The zero-order valence-electron chi connectivity index (χ0n) is 20.8. The molecular weight excluding hydrogens is 486 g/mol. The molecule has 4 aromatic rings. The number of ether oxygens (including phenoxy) is 2. The fourth-order valence-corrected chi connectivity index (χ4v) is 4.81. The van der Waals surface area contributed by atoms with Gasteiger partial charge in [0, 0.05) is 31.6 Å². The average molecular weight is 514 g/mol. The van der Waals surface area contributed by atoms with Gasteiger partial charge < -0.3 is 25.0 Å². The Hall–Kier alpha value is -4.67. The summed E-state index contributed by atoms with van der Waals surface area (Å²) < 4.78 is 12.2. The Morgan fingerprint density at radius 2 is 1.95 bits per heavy atom. The van der Waals surface area contributed by atoms with Crippen molar-refractivity contribution in [1.29, 1.82) is 0 Å². The summed E-state index contributed by atoms with van der Waals surface area (Å²) in [6.07, 6.45) is 3.61. The molecule has 2 aromatic heterocycles. The van der Waals surface area contributed by atoms with E-state index in [0.717, 1.165) is 22.3 Å². The first kappa shape index (κ1) is 23.7. The van der Waals surface area contributed by atoms with Gasteiger partial charge in [0.15, 0.2) is 12.3 Å². The Labute approximate surface area is 218 Å². The first-order chi connectivity index (χ1) is 18.5. The second-order valence-corrected chi connectivity index (χ2v) is 9.49. The lowest BCUT2D eigenvalue weighted by atomic mass is 10.0. The third-order valence-electron chi connectivity index (χ3n) is 6.90. The van der Waals surface area contributed by atoms with E-state index in [0.29, 0.717) is 48.8 Å². The number of hydrogen-bond acceptors (Lipinski definition) is 8. The van der Waals surface area contributed by atoms with Gasteiger partial charge in [-0.25, -0.2) is 9.97 Å². The number of H-pyrrole nitrogens is 1. The number of carbonyl (C=O) groups excluding carboxylic acids is 2. The lowest BCUT2D eigenvalue weighted by Gasteiger charge is -2.39. The molecule has 1 saturated heterocycles. The summed E-state index contributed by atoms with van der Waals surface area (Å²) in [7, 11) is 0. The molecule has 0 saturated carbocycles. The molecule has 3 aliphatic heterocycles. The van der Waals surface area contributed by atoms with E-state index < -0.39 is 0 Å². The maximum Gasteiger partial charge on any atom is 0.258 e. The Bertz CT molecular complexity index is 1490. The van der Waals surface area contributed by atoms with Crippen LogP contribution in [0.1, 0.15) is 27.9 Å². The smallest absolute Gasteiger partial charge is 0.258 e. The predicted molar refractivity (Wildman–Crippen MR) is 139 cm³/mol. The fraction of sp³-hybridized carbons (Fsp3) is 0.296. The molecule has 38 heavy (non-hydrogen) atoms. The van der Waals surface area contributed by atoms with E-state index in [1.807, 2.05) is 37.3 Å². The van der Waals surface area contributed by atoms with Crippen LogP contribution < -0.4 is 25.0 Å². The number of carbonyl (C=O) groups is 2. The maximum absolute atomic E-state index is 13.4. The summed E-state index contributed by atoms with van der Waals surface area (Å²) in [6, 6.07) is 12.5. The zero-order chi connectivity index (χ0) is 26.1. The molecule has 4 bridgehead atoms. The van der Waals surface area contributed by atoms with Crippen molar-refractivity contribution >= 4 is 28.7 Å². The lowest BCUT2D eigenvalue weighted by Crippen LogP contribution is -2.57. The summed E-state index contributed by atoms with van der Waals surface area (Å²) in [6.45, 7) is 3.28. The van der Waals surface area contributed by atoms with E-state index in [1.165, 1.54) is 6.33 Å². The third-order valence-corrected chi connectivity index (χ3v) is 6.90. The summed E-state index contributed by atoms with van der Waals surface area (Å²) in [5.74, 6) is 1.44. The number of rotatable bonds is 1. The van der Waals surface area contributed by atoms with Gasteiger partial charge in [-0.15, -0.1) is 0 Å². The van der Waals surface area contributed by atoms with Crippen molar-refractivity contribution in [3.05, 3.63) is 71.7 Å². The van der Waals surface area contributed by atoms with Crippen LogP contribution in [0.25, 0.3) is 11.0 Å². The number of fused-ring (bicyclic) bond motifs is 8. The SMILES string of the molecule is Cc1ccc2cc1OCC(=O)NCc1ccc(cc1)O[C@H]1CCN(c3ncnc4[nH]ncc34)C[C@@H]1NC2=O. The highest BCUT2D eigenvalue weighted by Crippen LogP contribution is 2.27. The number of nitrogens with zero attached hydrogens (tertiary/aromatic N) is 4. The van der Waals surface area contributed by atoms with Crippen LogP contribution in [0.5, 0.6) is 11.5 Å². The molecule has 11 heteroatoms. The van der Waals surface area contributed by atoms with Gasteiger partial charge in [-0.05, 0) is 42.3 Å². The number of amides is 2. The van der Waals surface area contributed by atoms with Crippen molar-refractivity contribution in [1.82, 2.24) is 30.8 Å². The molecule has 3 N–H and O–H groups in total. The molecule has 0 radical (unpaired) electrons. The number of nitrogens with one attached hydrogen (secondary N) is 3. The molecule has 2 atom stereocenters. The van der Waals surface area contributed by atoms with E-state index in [-0.39, 0.29) is 30.6 Å². The van der Waals surface area contributed by atoms with Crippen LogP contribution in [0.3, 0.4) is 0 Å². The van der Waals surface area contributed by atoms with Gasteiger partial charge in [0.2, 0.25) is 0 Å². The Morgan fingerprint density at radius 3 is 2.82 bits per heavy atom. The van der Waals surface area contributed by atoms with E-state index in [9.17, 15) is 9.59 Å². The largest absolute Gasteiger partial charge is 0.488 e. The molecule has 2 amide bonds. The standard InChI is InChI=1S/C27H27N7O4/c1-16-2-5-18-10-23(16)37-14-24(35)28-11-17-3-6-19(7-4-17)38-22-8-9-34(13-21(22)32-27(18)36)26-20-12-31-33-25(20)29-15-30-26/h2-7,10,12,15,21-22H,8-9,11,13-14H2,1H3,(H,28,35)(H,32,36)(H,29,30,31,33)/t21-,22-/m0/s1. The number of benzene rings is 2. The van der Waals surface area contributed by atoms with Crippen LogP contribution in [0.4, 0.5) is 5.82 Å². The number of piperidine rings is 1. The average Bonchev–Trinajstić information content (AvgIpc) is 3.42. The minimum Gasteiger partial charge on any atom is -0.488 e. The number of anilines is 1. The number of aromatic nitrogens is 4. The van der Waals surface area contributed by atoms with E-state index in [2.05, 4.69) is 35.7 Å². The van der Waals surface area contributed by atoms with Gasteiger partial charge in [-0.1, -0.05) is 18.2 Å². The second kappa shape index (κ2) is 10.0. The topological polar surface area (TPSA) is 134 Å². The van der Waals surface area contributed by atoms with Gasteiger partial charge in [0.1, 0.15) is 29.7 Å². The molecule has 2 aromatic carbocycles. The Morgan fingerprint density at radius 1 is 1.08 bits per heavy atom. The molecule has 11 nitrogen and oxygen atoms in total. The highest BCUT2D eigenvalue weighted by atomic mass is 16.5. The molecule has 194 valence electrons. The monoisotopic (exact) mass is 513 g/mol. The molecule has 0 aliphatic carbocycles. The molecule has 1 fully saturated rings. The van der Waals surface area contributed by atoms with E-state index >= 15 is 0 Å². The minimum absolute atomic E-state index is 0.145. The van der Waals surface area contributed by atoms with Crippen molar-refractivity contribution < 1.29 is 19.1 Å². The van der Waals surface area contributed by atoms with Crippen LogP contribution in [0.15, 0.2) is 55.0 Å². The van der Waals surface area contributed by atoms with Crippen molar-refractivity contribution in [2.24, 2.45) is 0 Å². The number of aromatic amines is 1. The van der Waals surface area contributed by atoms with E-state index in [4.69, 9.17) is 9.47 Å². The summed E-state index contributed by atoms with van der Waals surface area (Å²) in [5.41, 5.74) is 2.88. The molecular formula is C27H27N7O4. The lowest BCUT2D eigenvalue weighted by molar-refractivity contribution is -0.123. The van der Waals surface area contributed by atoms with Gasteiger partial charge in [-0.2, -0.15) is 5.10 Å². The van der Waals surface area contributed by atoms with Gasteiger partial charge in [-0.3, -0.25) is 14.7 Å². The molecule has 3 aliphatic rings. The Balaban J connectivity index is 1.32. The number of aryl methyl sites for hydroxylation is 1.